The zero-order valence-electron chi connectivity index (χ0n) is 13.2. The highest BCUT2D eigenvalue weighted by atomic mass is 16.4. The average Bonchev–Trinajstić information content (AvgIpc) is 2.54. The summed E-state index contributed by atoms with van der Waals surface area (Å²) in [7, 11) is 0. The van der Waals surface area contributed by atoms with E-state index >= 15 is 0 Å². The Morgan fingerprint density at radius 1 is 1.13 bits per heavy atom. The maximum atomic E-state index is 12.5. The van der Waals surface area contributed by atoms with Gasteiger partial charge in [-0.1, -0.05) is 49.6 Å². The van der Waals surface area contributed by atoms with Crippen LogP contribution in [0.15, 0.2) is 30.3 Å². The van der Waals surface area contributed by atoms with E-state index in [4.69, 9.17) is 0 Å². The molecule has 0 heterocycles. The van der Waals surface area contributed by atoms with Gasteiger partial charge in [0.05, 0.1) is 0 Å². The summed E-state index contributed by atoms with van der Waals surface area (Å²) in [6, 6.07) is 6.51. The van der Waals surface area contributed by atoms with Gasteiger partial charge in [-0.15, -0.1) is 0 Å². The molecule has 1 aromatic carbocycles. The number of amides is 3. The van der Waals surface area contributed by atoms with Crippen molar-refractivity contribution < 1.29 is 19.5 Å². The lowest BCUT2D eigenvalue weighted by Gasteiger charge is -2.32. The molecule has 6 heteroatoms. The first-order valence-corrected chi connectivity index (χ1v) is 7.88. The number of benzene rings is 1. The maximum Gasteiger partial charge on any atom is 0.330 e. The van der Waals surface area contributed by atoms with Gasteiger partial charge in [0.15, 0.2) is 6.04 Å². The lowest BCUT2D eigenvalue weighted by atomic mass is 9.94. The van der Waals surface area contributed by atoms with Crippen molar-refractivity contribution in [3.05, 3.63) is 35.9 Å². The van der Waals surface area contributed by atoms with E-state index in [1.807, 2.05) is 0 Å². The Morgan fingerprint density at radius 2 is 1.74 bits per heavy atom. The van der Waals surface area contributed by atoms with Crippen molar-refractivity contribution in [3.8, 4) is 0 Å². The molecule has 0 saturated heterocycles. The van der Waals surface area contributed by atoms with Gasteiger partial charge in [0.1, 0.15) is 0 Å². The number of carbonyl (C=O) groups is 3. The van der Waals surface area contributed by atoms with Crippen molar-refractivity contribution in [2.24, 2.45) is 0 Å². The minimum absolute atomic E-state index is 0.147. The maximum absolute atomic E-state index is 12.5. The van der Waals surface area contributed by atoms with Crippen molar-refractivity contribution >= 4 is 17.9 Å². The van der Waals surface area contributed by atoms with Crippen LogP contribution in [0.3, 0.4) is 0 Å². The van der Waals surface area contributed by atoms with Crippen molar-refractivity contribution in [1.82, 2.24) is 10.2 Å². The number of hydrogen-bond acceptors (Lipinski definition) is 3. The molecule has 2 rings (SSSR count). The molecule has 1 unspecified atom stereocenters. The van der Waals surface area contributed by atoms with E-state index in [1.54, 1.807) is 30.3 Å². The molecule has 124 valence electrons. The van der Waals surface area contributed by atoms with Gasteiger partial charge in [0, 0.05) is 13.0 Å². The van der Waals surface area contributed by atoms with E-state index in [0.29, 0.717) is 5.56 Å². The zero-order chi connectivity index (χ0) is 16.8. The summed E-state index contributed by atoms with van der Waals surface area (Å²) in [6.07, 6.45) is 4.60. The molecule has 0 radical (unpaired) electrons. The Balaban J connectivity index is 2.15. The van der Waals surface area contributed by atoms with Crippen LogP contribution in [0.2, 0.25) is 0 Å². The minimum atomic E-state index is -1.17. The van der Waals surface area contributed by atoms with Crippen molar-refractivity contribution in [2.45, 2.75) is 51.1 Å². The molecular formula is C17H22N2O4. The predicted molar refractivity (Wildman–Crippen MR) is 84.7 cm³/mol. The first kappa shape index (κ1) is 17.0. The largest absolute Gasteiger partial charge is 0.479 e. The smallest absolute Gasteiger partial charge is 0.330 e. The van der Waals surface area contributed by atoms with Gasteiger partial charge >= 0.3 is 12.0 Å². The monoisotopic (exact) mass is 318 g/mol. The number of carbonyl (C=O) groups excluding carboxylic acids is 2. The van der Waals surface area contributed by atoms with Gasteiger partial charge in [0.2, 0.25) is 5.91 Å². The average molecular weight is 318 g/mol. The predicted octanol–water partition coefficient (Wildman–Crippen LogP) is 2.70. The third kappa shape index (κ3) is 4.31. The molecule has 0 bridgehead atoms. The molecule has 0 aromatic heterocycles. The fraction of sp³-hybridized carbons (Fsp3) is 0.471. The second kappa shape index (κ2) is 7.76. The normalized spacial score (nSPS) is 16.4. The molecule has 6 nitrogen and oxygen atoms in total. The van der Waals surface area contributed by atoms with Crippen LogP contribution in [0.1, 0.15) is 50.6 Å². The third-order valence-electron chi connectivity index (χ3n) is 4.15. The Morgan fingerprint density at radius 3 is 2.26 bits per heavy atom. The molecule has 1 aliphatic carbocycles. The zero-order valence-corrected chi connectivity index (χ0v) is 13.2. The van der Waals surface area contributed by atoms with Crippen LogP contribution in [0.4, 0.5) is 4.79 Å². The van der Waals surface area contributed by atoms with Gasteiger partial charge in [0.25, 0.3) is 0 Å². The van der Waals surface area contributed by atoms with E-state index in [-0.39, 0.29) is 11.9 Å². The Bertz CT molecular complexity index is 567. The molecule has 0 spiro atoms. The van der Waals surface area contributed by atoms with Crippen molar-refractivity contribution in [2.75, 3.05) is 0 Å². The highest BCUT2D eigenvalue weighted by Gasteiger charge is 2.31. The molecular weight excluding hydrogens is 296 g/mol. The molecule has 3 amide bonds. The molecule has 1 fully saturated rings. The summed E-state index contributed by atoms with van der Waals surface area (Å²) >= 11 is 0. The number of nitrogens with zero attached hydrogens (tertiary/aromatic N) is 1. The van der Waals surface area contributed by atoms with Gasteiger partial charge in [-0.2, -0.15) is 0 Å². The van der Waals surface area contributed by atoms with Crippen molar-refractivity contribution in [1.29, 1.82) is 0 Å². The third-order valence-corrected chi connectivity index (χ3v) is 4.15. The van der Waals surface area contributed by atoms with Gasteiger partial charge in [-0.05, 0) is 18.4 Å². The summed E-state index contributed by atoms with van der Waals surface area (Å²) < 4.78 is 0. The van der Waals surface area contributed by atoms with E-state index < -0.39 is 18.0 Å². The summed E-state index contributed by atoms with van der Waals surface area (Å²) in [5, 5.41) is 11.9. The number of imide groups is 1. The standard InChI is InChI=1S/C17H22N2O4/c1-12(20)19(14-10-6-3-7-11-14)17(23)18-15(16(21)22)13-8-4-2-5-9-13/h2,4-5,8-9,14-15H,3,6-7,10-11H2,1H3,(H,18,23)(H,21,22). The van der Waals surface area contributed by atoms with Crippen molar-refractivity contribution in [3.63, 3.8) is 0 Å². The highest BCUT2D eigenvalue weighted by Crippen LogP contribution is 2.23. The summed E-state index contributed by atoms with van der Waals surface area (Å²) in [4.78, 5) is 37.1. The number of aliphatic carboxylic acids is 1. The fourth-order valence-corrected chi connectivity index (χ4v) is 3.03. The van der Waals surface area contributed by atoms with Crippen LogP contribution in [-0.4, -0.2) is 34.0 Å². The lowest BCUT2D eigenvalue weighted by Crippen LogP contribution is -2.51. The SMILES string of the molecule is CC(=O)N(C(=O)NC(C(=O)O)c1ccccc1)C1CCCCC1. The summed E-state index contributed by atoms with van der Waals surface area (Å²) in [5.74, 6) is -1.51. The second-order valence-electron chi connectivity index (χ2n) is 5.81. The molecule has 23 heavy (non-hydrogen) atoms. The number of carboxylic acids is 1. The Labute approximate surface area is 135 Å². The second-order valence-corrected chi connectivity index (χ2v) is 5.81. The molecule has 1 aromatic rings. The lowest BCUT2D eigenvalue weighted by molar-refractivity contribution is -0.140. The number of nitrogens with one attached hydrogen (secondary N) is 1. The van der Waals surface area contributed by atoms with Crippen LogP contribution >= 0.6 is 0 Å². The van der Waals surface area contributed by atoms with Gasteiger partial charge < -0.3 is 10.4 Å². The van der Waals surface area contributed by atoms with E-state index in [1.165, 1.54) is 11.8 Å². The number of hydrogen-bond donors (Lipinski definition) is 2. The molecule has 1 aliphatic rings. The van der Waals surface area contributed by atoms with Crippen LogP contribution in [0.25, 0.3) is 0 Å². The van der Waals surface area contributed by atoms with Crippen LogP contribution in [-0.2, 0) is 9.59 Å². The van der Waals surface area contributed by atoms with Crippen LogP contribution < -0.4 is 5.32 Å². The molecule has 1 saturated carbocycles. The van der Waals surface area contributed by atoms with Crippen LogP contribution in [0, 0.1) is 0 Å². The molecule has 0 aliphatic heterocycles. The quantitative estimate of drug-likeness (QED) is 0.893. The number of rotatable bonds is 4. The van der Waals surface area contributed by atoms with E-state index in [2.05, 4.69) is 5.32 Å². The minimum Gasteiger partial charge on any atom is -0.479 e. The molecule has 2 N–H and O–H groups in total. The highest BCUT2D eigenvalue weighted by molar-refractivity contribution is 5.95. The molecule has 1 atom stereocenters. The number of urea groups is 1. The number of carboxylic acid groups (broad SMARTS) is 1. The Kier molecular flexibility index (Phi) is 5.73. The fourth-order valence-electron chi connectivity index (χ4n) is 3.03. The summed E-state index contributed by atoms with van der Waals surface area (Å²) in [6.45, 7) is 1.34. The summed E-state index contributed by atoms with van der Waals surface area (Å²) in [5.41, 5.74) is 0.473. The Hall–Kier alpha value is -2.37. The van der Waals surface area contributed by atoms with E-state index in [0.717, 1.165) is 32.1 Å². The topological polar surface area (TPSA) is 86.7 Å². The van der Waals surface area contributed by atoms with Gasteiger partial charge in [-0.3, -0.25) is 9.69 Å². The van der Waals surface area contributed by atoms with E-state index in [9.17, 15) is 19.5 Å². The first-order chi connectivity index (χ1) is 11.0. The van der Waals surface area contributed by atoms with Crippen LogP contribution in [0.5, 0.6) is 0 Å². The van der Waals surface area contributed by atoms with Gasteiger partial charge in [-0.25, -0.2) is 9.59 Å². The first-order valence-electron chi connectivity index (χ1n) is 7.88.